The van der Waals surface area contributed by atoms with Crippen LogP contribution in [-0.4, -0.2) is 53.8 Å². The van der Waals surface area contributed by atoms with Crippen molar-refractivity contribution in [3.63, 3.8) is 0 Å². The van der Waals surface area contributed by atoms with Crippen LogP contribution in [0.25, 0.3) is 0 Å². The van der Waals surface area contributed by atoms with Crippen LogP contribution >= 0.6 is 0 Å². The van der Waals surface area contributed by atoms with Crippen molar-refractivity contribution in [2.24, 2.45) is 5.73 Å². The number of benzene rings is 1. The van der Waals surface area contributed by atoms with Gasteiger partial charge in [0.1, 0.15) is 0 Å². The Bertz CT molecular complexity index is 534. The van der Waals surface area contributed by atoms with Gasteiger partial charge in [0, 0.05) is 32.6 Å². The lowest BCUT2D eigenvalue weighted by atomic mass is 10.1. The largest absolute Gasteiger partial charge is 0.368 e. The van der Waals surface area contributed by atoms with Crippen LogP contribution in [0.5, 0.6) is 0 Å². The monoisotopic (exact) mass is 317 g/mol. The normalized spacial score (nSPS) is 17.0. The van der Waals surface area contributed by atoms with Crippen molar-refractivity contribution in [2.45, 2.75) is 39.2 Å². The fourth-order valence-electron chi connectivity index (χ4n) is 2.89. The van der Waals surface area contributed by atoms with Crippen LogP contribution in [0.3, 0.4) is 0 Å². The molecule has 5 nitrogen and oxygen atoms in total. The average Bonchev–Trinajstić information content (AvgIpc) is 2.59. The minimum Gasteiger partial charge on any atom is -0.368 e. The van der Waals surface area contributed by atoms with E-state index in [-0.39, 0.29) is 17.9 Å². The van der Waals surface area contributed by atoms with Crippen molar-refractivity contribution < 1.29 is 9.59 Å². The minimum absolute atomic E-state index is 0.191. The molecule has 0 spiro atoms. The molecule has 2 rings (SSSR count). The summed E-state index contributed by atoms with van der Waals surface area (Å²) < 4.78 is 0. The van der Waals surface area contributed by atoms with Gasteiger partial charge in [-0.05, 0) is 30.9 Å². The molecule has 126 valence electrons. The molecule has 23 heavy (non-hydrogen) atoms. The highest BCUT2D eigenvalue weighted by Crippen LogP contribution is 2.11. The first-order valence-electron chi connectivity index (χ1n) is 8.40. The van der Waals surface area contributed by atoms with Crippen LogP contribution in [0.4, 0.5) is 0 Å². The number of primary amides is 1. The number of rotatable bonds is 6. The number of piperazine rings is 1. The summed E-state index contributed by atoms with van der Waals surface area (Å²) in [5.41, 5.74) is 7.86. The van der Waals surface area contributed by atoms with E-state index in [1.165, 1.54) is 11.1 Å². The number of hydrogen-bond donors (Lipinski definition) is 1. The smallest absolute Gasteiger partial charge is 0.234 e. The van der Waals surface area contributed by atoms with Crippen molar-refractivity contribution in [2.75, 3.05) is 26.2 Å². The van der Waals surface area contributed by atoms with E-state index in [0.717, 1.165) is 12.8 Å². The predicted molar refractivity (Wildman–Crippen MR) is 91.0 cm³/mol. The molecule has 1 atom stereocenters. The van der Waals surface area contributed by atoms with Gasteiger partial charge in [-0.1, -0.05) is 31.2 Å². The molecule has 2 N–H and O–H groups in total. The Hall–Kier alpha value is -1.88. The lowest BCUT2D eigenvalue weighted by Gasteiger charge is -2.37. The second-order valence-corrected chi connectivity index (χ2v) is 6.17. The molecule has 1 aliphatic heterocycles. The third-order valence-electron chi connectivity index (χ3n) is 4.69. The standard InChI is InChI=1S/C18H27N3O2/c1-3-15-4-6-16(7-5-15)8-9-17(22)21-12-10-20(11-13-21)14(2)18(19)23/h4-7,14H,3,8-13H2,1-2H3,(H2,19,23). The van der Waals surface area contributed by atoms with Gasteiger partial charge in [0.25, 0.3) is 0 Å². The summed E-state index contributed by atoms with van der Waals surface area (Å²) in [6.07, 6.45) is 2.35. The van der Waals surface area contributed by atoms with Gasteiger partial charge >= 0.3 is 0 Å². The molecule has 1 saturated heterocycles. The van der Waals surface area contributed by atoms with Gasteiger partial charge < -0.3 is 10.6 Å². The maximum Gasteiger partial charge on any atom is 0.234 e. The van der Waals surface area contributed by atoms with Gasteiger partial charge in [0.2, 0.25) is 11.8 Å². The maximum atomic E-state index is 12.3. The van der Waals surface area contributed by atoms with E-state index in [4.69, 9.17) is 5.73 Å². The molecule has 1 aliphatic rings. The summed E-state index contributed by atoms with van der Waals surface area (Å²) in [6, 6.07) is 8.22. The average molecular weight is 317 g/mol. The molecule has 1 aromatic rings. The Labute approximate surface area is 138 Å². The Balaban J connectivity index is 1.77. The van der Waals surface area contributed by atoms with Gasteiger partial charge in [0.15, 0.2) is 0 Å². The molecule has 1 fully saturated rings. The van der Waals surface area contributed by atoms with Crippen LogP contribution in [0.2, 0.25) is 0 Å². The second kappa shape index (κ2) is 8.11. The first-order valence-corrected chi connectivity index (χ1v) is 8.40. The van der Waals surface area contributed by atoms with Crippen molar-refractivity contribution >= 4 is 11.8 Å². The summed E-state index contributed by atoms with van der Waals surface area (Å²) in [4.78, 5) is 27.5. The van der Waals surface area contributed by atoms with Crippen molar-refractivity contribution in [1.82, 2.24) is 9.80 Å². The Morgan fingerprint density at radius 3 is 2.17 bits per heavy atom. The number of aryl methyl sites for hydroxylation is 2. The quantitative estimate of drug-likeness (QED) is 0.857. The van der Waals surface area contributed by atoms with Crippen LogP contribution < -0.4 is 5.73 Å². The number of nitrogens with zero attached hydrogens (tertiary/aromatic N) is 2. The molecule has 1 unspecified atom stereocenters. The van der Waals surface area contributed by atoms with Gasteiger partial charge in [-0.25, -0.2) is 0 Å². The highest BCUT2D eigenvalue weighted by atomic mass is 16.2. The zero-order valence-corrected chi connectivity index (χ0v) is 14.1. The molecule has 0 radical (unpaired) electrons. The zero-order valence-electron chi connectivity index (χ0n) is 14.1. The van der Waals surface area contributed by atoms with Gasteiger partial charge in [-0.2, -0.15) is 0 Å². The second-order valence-electron chi connectivity index (χ2n) is 6.17. The fourth-order valence-corrected chi connectivity index (χ4v) is 2.89. The van der Waals surface area contributed by atoms with Crippen LogP contribution in [0.1, 0.15) is 31.4 Å². The highest BCUT2D eigenvalue weighted by Gasteiger charge is 2.25. The number of nitrogens with two attached hydrogens (primary N) is 1. The third-order valence-corrected chi connectivity index (χ3v) is 4.69. The predicted octanol–water partition coefficient (Wildman–Crippen LogP) is 1.20. The van der Waals surface area contributed by atoms with E-state index >= 15 is 0 Å². The van der Waals surface area contributed by atoms with Crippen LogP contribution in [-0.2, 0) is 22.4 Å². The number of amides is 2. The summed E-state index contributed by atoms with van der Waals surface area (Å²) >= 11 is 0. The summed E-state index contributed by atoms with van der Waals surface area (Å²) in [7, 11) is 0. The first kappa shape index (κ1) is 17.5. The molecular formula is C18H27N3O2. The van der Waals surface area contributed by atoms with E-state index in [9.17, 15) is 9.59 Å². The molecule has 5 heteroatoms. The zero-order chi connectivity index (χ0) is 16.8. The molecule has 0 bridgehead atoms. The highest BCUT2D eigenvalue weighted by molar-refractivity contribution is 5.79. The molecule has 1 heterocycles. The molecular weight excluding hydrogens is 290 g/mol. The maximum absolute atomic E-state index is 12.3. The topological polar surface area (TPSA) is 66.6 Å². The minimum atomic E-state index is -0.305. The van der Waals surface area contributed by atoms with E-state index in [2.05, 4.69) is 31.2 Å². The lowest BCUT2D eigenvalue weighted by molar-refractivity contribution is -0.133. The number of hydrogen-bond acceptors (Lipinski definition) is 3. The molecule has 0 saturated carbocycles. The van der Waals surface area contributed by atoms with E-state index < -0.39 is 0 Å². The van der Waals surface area contributed by atoms with Gasteiger partial charge in [-0.15, -0.1) is 0 Å². The summed E-state index contributed by atoms with van der Waals surface area (Å²) in [5, 5.41) is 0. The number of carbonyl (C=O) groups is 2. The van der Waals surface area contributed by atoms with E-state index in [1.54, 1.807) is 0 Å². The Kier molecular flexibility index (Phi) is 6.16. The Morgan fingerprint density at radius 2 is 1.65 bits per heavy atom. The fraction of sp³-hybridized carbons (Fsp3) is 0.556. The third kappa shape index (κ3) is 4.79. The SMILES string of the molecule is CCc1ccc(CCC(=O)N2CCN(C(C)C(N)=O)CC2)cc1. The molecule has 0 aliphatic carbocycles. The Morgan fingerprint density at radius 1 is 1.09 bits per heavy atom. The molecule has 1 aromatic carbocycles. The van der Waals surface area contributed by atoms with Crippen molar-refractivity contribution in [3.05, 3.63) is 35.4 Å². The number of carbonyl (C=O) groups excluding carboxylic acids is 2. The van der Waals surface area contributed by atoms with E-state index in [1.807, 2.05) is 16.7 Å². The van der Waals surface area contributed by atoms with Crippen LogP contribution in [0, 0.1) is 0 Å². The first-order chi connectivity index (χ1) is 11.0. The van der Waals surface area contributed by atoms with Gasteiger partial charge in [0.05, 0.1) is 6.04 Å². The summed E-state index contributed by atoms with van der Waals surface area (Å²) in [6.45, 7) is 6.72. The van der Waals surface area contributed by atoms with Gasteiger partial charge in [-0.3, -0.25) is 14.5 Å². The lowest BCUT2D eigenvalue weighted by Crippen LogP contribution is -2.54. The molecule has 2 amide bonds. The van der Waals surface area contributed by atoms with Crippen molar-refractivity contribution in [3.8, 4) is 0 Å². The van der Waals surface area contributed by atoms with Crippen molar-refractivity contribution in [1.29, 1.82) is 0 Å². The van der Waals surface area contributed by atoms with E-state index in [0.29, 0.717) is 32.6 Å². The molecule has 0 aromatic heterocycles. The van der Waals surface area contributed by atoms with Crippen LogP contribution in [0.15, 0.2) is 24.3 Å². The summed E-state index contributed by atoms with van der Waals surface area (Å²) in [5.74, 6) is -0.115.